The number of hydrogen-bond donors (Lipinski definition) is 8. The molecule has 0 aromatic rings. The lowest BCUT2D eigenvalue weighted by molar-refractivity contribution is -0.341. The maximum Gasteiger partial charge on any atom is 0.218 e. The maximum absolute atomic E-state index is 12.6. The van der Waals surface area contributed by atoms with E-state index in [0.717, 1.165) is 18.4 Å². The van der Waals surface area contributed by atoms with Gasteiger partial charge in [-0.3, -0.25) is 4.79 Å². The van der Waals surface area contributed by atoms with E-state index in [1.165, 1.54) is 0 Å². The number of aliphatic hydroxyl groups excluding tert-OH is 8. The predicted molar refractivity (Wildman–Crippen MR) is 200 cm³/mol. The number of Topliss-reactive ketones (excluding diaryl/α,β-unsaturated/α-hetero) is 1. The van der Waals surface area contributed by atoms with Crippen LogP contribution in [0.3, 0.4) is 0 Å². The first-order valence-corrected chi connectivity index (χ1v) is 20.7. The van der Waals surface area contributed by atoms with Gasteiger partial charge in [0.2, 0.25) is 6.29 Å². The molecule has 6 rings (SSSR count). The van der Waals surface area contributed by atoms with Crippen molar-refractivity contribution >= 4 is 5.78 Å². The van der Waals surface area contributed by atoms with Crippen LogP contribution in [0.1, 0.15) is 113 Å². The van der Waals surface area contributed by atoms with E-state index < -0.39 is 97.5 Å². The summed E-state index contributed by atoms with van der Waals surface area (Å²) in [6.07, 6.45) is -5.91. The number of hydrogen-bond acceptors (Lipinski definition) is 13. The van der Waals surface area contributed by atoms with Gasteiger partial charge in [-0.25, -0.2) is 0 Å². The van der Waals surface area contributed by atoms with Crippen molar-refractivity contribution in [1.82, 2.24) is 0 Å². The Labute approximate surface area is 326 Å². The molecular formula is C42H70O13. The van der Waals surface area contributed by atoms with Crippen LogP contribution in [-0.2, 0) is 23.7 Å². The maximum atomic E-state index is 12.6. The summed E-state index contributed by atoms with van der Waals surface area (Å²) in [6.45, 7) is 16.1. The van der Waals surface area contributed by atoms with Gasteiger partial charge in [-0.05, 0) is 117 Å². The molecule has 4 saturated carbocycles. The number of allylic oxidation sites excluding steroid dienone is 2. The van der Waals surface area contributed by atoms with E-state index >= 15 is 0 Å². The molecule has 4 aliphatic carbocycles. The quantitative estimate of drug-likeness (QED) is 0.150. The van der Waals surface area contributed by atoms with E-state index in [0.29, 0.717) is 38.5 Å². The molecule has 2 heterocycles. The van der Waals surface area contributed by atoms with Gasteiger partial charge in [0.05, 0.1) is 43.2 Å². The van der Waals surface area contributed by atoms with Crippen molar-refractivity contribution in [2.24, 2.45) is 45.3 Å². The van der Waals surface area contributed by atoms with Crippen LogP contribution in [0.15, 0.2) is 11.6 Å². The molecule has 13 nitrogen and oxygen atoms in total. The molecule has 0 bridgehead atoms. The minimum Gasteiger partial charge on any atom is -0.394 e. The fourth-order valence-corrected chi connectivity index (χ4v) is 13.3. The largest absolute Gasteiger partial charge is 0.394 e. The molecule has 6 fully saturated rings. The van der Waals surface area contributed by atoms with Crippen molar-refractivity contribution in [2.45, 2.75) is 186 Å². The van der Waals surface area contributed by atoms with Gasteiger partial charge in [0.15, 0.2) is 12.1 Å². The van der Waals surface area contributed by atoms with Crippen molar-refractivity contribution in [1.29, 1.82) is 0 Å². The number of carbonyl (C=O) groups excluding carboxylic acids is 1. The van der Waals surface area contributed by atoms with E-state index in [1.807, 2.05) is 20.8 Å². The second kappa shape index (κ2) is 15.5. The molecule has 8 N–H and O–H groups in total. The third-order valence-electron chi connectivity index (χ3n) is 16.3. The lowest BCUT2D eigenvalue weighted by Gasteiger charge is -2.71. The molecule has 2 saturated heterocycles. The molecule has 0 aromatic carbocycles. The van der Waals surface area contributed by atoms with Crippen LogP contribution in [-0.4, -0.2) is 133 Å². The Bertz CT molecular complexity index is 1420. The Morgan fingerprint density at radius 2 is 1.56 bits per heavy atom. The predicted octanol–water partition coefficient (Wildman–Crippen LogP) is 2.36. The van der Waals surface area contributed by atoms with E-state index in [-0.39, 0.29) is 46.3 Å². The highest BCUT2D eigenvalue weighted by Gasteiger charge is 2.73. The smallest absolute Gasteiger partial charge is 0.218 e. The number of rotatable bonds is 10. The average molecular weight is 783 g/mol. The molecule has 19 atom stereocenters. The summed E-state index contributed by atoms with van der Waals surface area (Å²) in [6, 6.07) is 0. The van der Waals surface area contributed by atoms with E-state index in [9.17, 15) is 45.6 Å². The molecule has 2 aliphatic heterocycles. The number of ether oxygens (including phenoxy) is 4. The van der Waals surface area contributed by atoms with Gasteiger partial charge in [-0.1, -0.05) is 46.3 Å². The second-order valence-electron chi connectivity index (χ2n) is 20.0. The van der Waals surface area contributed by atoms with Gasteiger partial charge in [0.1, 0.15) is 30.5 Å². The SMILES string of the molecule is CC(C)=CCC[C@](C)(OC1OC(COC2OC(CO)C(O)CC2=O)C(O)C(O)C1O)C1CC[C@]2(C)C1C(O)CC1C3(C)CCC(O)C(C)(C)C3C(O)CC12C. The van der Waals surface area contributed by atoms with Crippen molar-refractivity contribution < 1.29 is 64.6 Å². The van der Waals surface area contributed by atoms with Gasteiger partial charge in [0, 0.05) is 6.42 Å². The minimum atomic E-state index is -1.67. The first kappa shape index (κ1) is 43.5. The van der Waals surface area contributed by atoms with Gasteiger partial charge in [0.25, 0.3) is 0 Å². The summed E-state index contributed by atoms with van der Waals surface area (Å²) in [5, 5.41) is 88.5. The zero-order chi connectivity index (χ0) is 40.6. The lowest BCUT2D eigenvalue weighted by atomic mass is 9.34. The fourth-order valence-electron chi connectivity index (χ4n) is 13.3. The van der Waals surface area contributed by atoms with Gasteiger partial charge >= 0.3 is 0 Å². The van der Waals surface area contributed by atoms with Crippen molar-refractivity contribution in [2.75, 3.05) is 13.2 Å². The molecule has 17 unspecified atom stereocenters. The first-order valence-electron chi connectivity index (χ1n) is 20.7. The van der Waals surface area contributed by atoms with Crippen molar-refractivity contribution in [3.63, 3.8) is 0 Å². The average Bonchev–Trinajstić information content (AvgIpc) is 3.48. The highest BCUT2D eigenvalue weighted by atomic mass is 16.7. The van der Waals surface area contributed by atoms with Crippen LogP contribution in [0, 0.1) is 45.3 Å². The summed E-state index contributed by atoms with van der Waals surface area (Å²) < 4.78 is 24.1. The Balaban J connectivity index is 1.27. The molecule has 0 spiro atoms. The van der Waals surface area contributed by atoms with Gasteiger partial charge < -0.3 is 59.8 Å². The van der Waals surface area contributed by atoms with Crippen LogP contribution in [0.2, 0.25) is 0 Å². The van der Waals surface area contributed by atoms with E-state index in [1.54, 1.807) is 0 Å². The minimum absolute atomic E-state index is 0.113. The molecule has 0 aromatic heterocycles. The number of fused-ring (bicyclic) bond motifs is 5. The highest BCUT2D eigenvalue weighted by Crippen LogP contribution is 2.76. The molecule has 0 radical (unpaired) electrons. The Morgan fingerprint density at radius 1 is 0.873 bits per heavy atom. The van der Waals surface area contributed by atoms with Gasteiger partial charge in [-0.2, -0.15) is 0 Å². The normalized spacial score (nSPS) is 50.7. The first-order chi connectivity index (χ1) is 25.6. The van der Waals surface area contributed by atoms with Crippen LogP contribution in [0.4, 0.5) is 0 Å². The zero-order valence-electron chi connectivity index (χ0n) is 34.1. The Morgan fingerprint density at radius 3 is 2.22 bits per heavy atom. The van der Waals surface area contributed by atoms with E-state index in [4.69, 9.17) is 18.9 Å². The highest BCUT2D eigenvalue weighted by molar-refractivity contribution is 5.83. The number of ketones is 1. The third kappa shape index (κ3) is 7.22. The van der Waals surface area contributed by atoms with Crippen LogP contribution in [0.25, 0.3) is 0 Å². The van der Waals surface area contributed by atoms with Crippen LogP contribution in [0.5, 0.6) is 0 Å². The molecule has 6 aliphatic rings. The van der Waals surface area contributed by atoms with E-state index in [2.05, 4.69) is 40.7 Å². The Kier molecular flexibility index (Phi) is 12.3. The third-order valence-corrected chi connectivity index (χ3v) is 16.3. The summed E-state index contributed by atoms with van der Waals surface area (Å²) in [5.41, 5.74) is -1.33. The second-order valence-corrected chi connectivity index (χ2v) is 20.0. The summed E-state index contributed by atoms with van der Waals surface area (Å²) >= 11 is 0. The van der Waals surface area contributed by atoms with Gasteiger partial charge in [-0.15, -0.1) is 0 Å². The summed E-state index contributed by atoms with van der Waals surface area (Å²) in [7, 11) is 0. The van der Waals surface area contributed by atoms with Crippen molar-refractivity contribution in [3.05, 3.63) is 11.6 Å². The lowest BCUT2D eigenvalue weighted by Crippen LogP contribution is -2.70. The molecule has 316 valence electrons. The van der Waals surface area contributed by atoms with Crippen LogP contribution >= 0.6 is 0 Å². The summed E-state index contributed by atoms with van der Waals surface area (Å²) in [4.78, 5) is 12.6. The summed E-state index contributed by atoms with van der Waals surface area (Å²) in [5.74, 6) is -0.968. The standard InChI is InChI=1S/C42H70O13/c1-21(2)10-9-13-42(8,55-37-34(51)33(50)32(49)28(54-37)20-52-36-25(46)16-23(44)27(19-43)53-36)22-11-15-40(6)31(22)24(45)17-29-39(5)14-12-30(48)38(3,4)35(39)26(47)18-41(29,40)7/h10,22-24,26-37,43-45,47-51H,9,11-20H2,1-8H3/t22?,23?,24?,26?,27?,28?,29?,30?,31?,32?,33?,34?,35?,36?,37?,39?,40-,41?,42+/m1/s1. The molecule has 13 heteroatoms. The molecular weight excluding hydrogens is 712 g/mol. The number of aliphatic hydroxyl groups is 8. The zero-order valence-corrected chi connectivity index (χ0v) is 34.1. The monoisotopic (exact) mass is 782 g/mol. The molecule has 0 amide bonds. The van der Waals surface area contributed by atoms with Crippen molar-refractivity contribution in [3.8, 4) is 0 Å². The molecule has 55 heavy (non-hydrogen) atoms. The number of carbonyl (C=O) groups is 1. The Hall–Kier alpha value is -1.07. The topological polar surface area (TPSA) is 216 Å². The fraction of sp³-hybridized carbons (Fsp3) is 0.929. The van der Waals surface area contributed by atoms with Crippen LogP contribution < -0.4 is 0 Å².